The van der Waals surface area contributed by atoms with Gasteiger partial charge in [0.2, 0.25) is 0 Å². The monoisotopic (exact) mass is 549 g/mol. The Labute approximate surface area is 226 Å². The highest BCUT2D eigenvalue weighted by atomic mass is 35.5. The predicted molar refractivity (Wildman–Crippen MR) is 148 cm³/mol. The van der Waals surface area contributed by atoms with Crippen molar-refractivity contribution >= 4 is 55.9 Å². The Morgan fingerprint density at radius 1 is 1.11 bits per heavy atom. The van der Waals surface area contributed by atoms with Gasteiger partial charge in [-0.1, -0.05) is 11.6 Å². The topological polar surface area (TPSA) is 103 Å². The number of hydrogen-bond donors (Lipinski definition) is 1. The number of carbonyl (C=O) groups excluding carboxylic acids is 2. The van der Waals surface area contributed by atoms with E-state index in [9.17, 15) is 14.4 Å². The molecule has 0 spiro atoms. The van der Waals surface area contributed by atoms with Crippen LogP contribution in [0, 0.1) is 20.8 Å². The molecule has 0 amide bonds. The summed E-state index contributed by atoms with van der Waals surface area (Å²) >= 11 is 7.43. The van der Waals surface area contributed by atoms with Gasteiger partial charge < -0.3 is 14.5 Å². The fraction of sp³-hybridized carbons (Fsp3) is 0.214. The van der Waals surface area contributed by atoms with Gasteiger partial charge in [0.15, 0.2) is 0 Å². The lowest BCUT2D eigenvalue weighted by molar-refractivity contribution is -0.144. The Kier molecular flexibility index (Phi) is 6.81. The minimum atomic E-state index is -0.518. The number of halogens is 1. The van der Waals surface area contributed by atoms with Crippen molar-refractivity contribution in [2.24, 2.45) is 0 Å². The van der Waals surface area contributed by atoms with Crippen molar-refractivity contribution in [2.75, 3.05) is 7.11 Å². The van der Waals surface area contributed by atoms with Gasteiger partial charge in [0.1, 0.15) is 23.0 Å². The van der Waals surface area contributed by atoms with E-state index in [1.165, 1.54) is 11.3 Å². The molecular weight excluding hydrogens is 526 g/mol. The molecular formula is C28H24ClN3O5S. The summed E-state index contributed by atoms with van der Waals surface area (Å²) in [6.45, 7) is 5.44. The number of methoxy groups -OCH3 is 1. The molecule has 0 aliphatic rings. The van der Waals surface area contributed by atoms with Crippen molar-refractivity contribution in [1.29, 1.82) is 0 Å². The summed E-state index contributed by atoms with van der Waals surface area (Å²) in [5.74, 6) is 0.108. The molecule has 3 heterocycles. The number of nitrogens with one attached hydrogen (secondary N) is 1. The zero-order valence-corrected chi connectivity index (χ0v) is 22.7. The second-order valence-corrected chi connectivity index (χ2v) is 10.5. The highest BCUT2D eigenvalue weighted by Crippen LogP contribution is 2.31. The molecule has 0 aliphatic carbocycles. The number of rotatable bonds is 6. The van der Waals surface area contributed by atoms with Crippen LogP contribution in [0.1, 0.15) is 37.9 Å². The molecule has 1 N–H and O–H groups in total. The third-order valence-corrected chi connectivity index (χ3v) is 7.97. The molecule has 2 aromatic carbocycles. The summed E-state index contributed by atoms with van der Waals surface area (Å²) in [6, 6.07) is 12.0. The second kappa shape index (κ2) is 10.1. The number of esters is 1. The minimum Gasteiger partial charge on any atom is -0.497 e. The molecule has 194 valence electrons. The van der Waals surface area contributed by atoms with Crippen LogP contribution < -0.4 is 10.3 Å². The van der Waals surface area contributed by atoms with E-state index in [0.29, 0.717) is 48.7 Å². The van der Waals surface area contributed by atoms with Gasteiger partial charge in [-0.05, 0) is 74.4 Å². The number of fused-ring (bicyclic) bond motifs is 2. The number of ether oxygens (including phenoxy) is 2. The standard InChI is InChI=1S/C28H24ClN3O5S/c1-14-16(3)38-27-25(14)26(34)30-23(31-27)13-37-24(33)12-20-15(2)32(22-10-9-19(36-4)11-21(20)22)28(35)17-5-7-18(29)8-6-17/h5-11H,12-13H2,1-4H3,(H,30,31,34). The number of benzene rings is 2. The first kappa shape index (κ1) is 25.7. The van der Waals surface area contributed by atoms with Crippen LogP contribution >= 0.6 is 22.9 Å². The van der Waals surface area contributed by atoms with E-state index in [2.05, 4.69) is 9.97 Å². The quantitative estimate of drug-likeness (QED) is 0.280. The maximum atomic E-state index is 13.5. The van der Waals surface area contributed by atoms with Gasteiger partial charge in [-0.3, -0.25) is 19.0 Å². The van der Waals surface area contributed by atoms with Crippen LogP contribution in [0.2, 0.25) is 5.02 Å². The second-order valence-electron chi connectivity index (χ2n) is 8.91. The molecule has 0 saturated heterocycles. The highest BCUT2D eigenvalue weighted by Gasteiger charge is 2.23. The molecule has 38 heavy (non-hydrogen) atoms. The molecule has 0 saturated carbocycles. The molecule has 0 aliphatic heterocycles. The van der Waals surface area contributed by atoms with Crippen LogP contribution in [0.3, 0.4) is 0 Å². The van der Waals surface area contributed by atoms with Crippen LogP contribution in [0.4, 0.5) is 0 Å². The first-order valence-corrected chi connectivity index (χ1v) is 13.0. The summed E-state index contributed by atoms with van der Waals surface area (Å²) in [4.78, 5) is 47.7. The van der Waals surface area contributed by atoms with Crippen molar-refractivity contribution in [3.8, 4) is 5.75 Å². The zero-order valence-electron chi connectivity index (χ0n) is 21.2. The van der Waals surface area contributed by atoms with Crippen LogP contribution in [-0.2, 0) is 22.6 Å². The lowest BCUT2D eigenvalue weighted by Gasteiger charge is -2.08. The third kappa shape index (κ3) is 4.59. The first-order valence-electron chi connectivity index (χ1n) is 11.8. The Bertz CT molecular complexity index is 1780. The van der Waals surface area contributed by atoms with E-state index in [-0.39, 0.29) is 30.3 Å². The predicted octanol–water partition coefficient (Wildman–Crippen LogP) is 5.50. The van der Waals surface area contributed by atoms with Crippen molar-refractivity contribution in [3.63, 3.8) is 0 Å². The highest BCUT2D eigenvalue weighted by molar-refractivity contribution is 7.18. The van der Waals surface area contributed by atoms with E-state index in [0.717, 1.165) is 10.4 Å². The van der Waals surface area contributed by atoms with E-state index >= 15 is 0 Å². The molecule has 10 heteroatoms. The average molecular weight is 550 g/mol. The number of nitrogens with zero attached hydrogens (tertiary/aromatic N) is 2. The van der Waals surface area contributed by atoms with Crippen molar-refractivity contribution in [3.05, 3.63) is 90.9 Å². The molecule has 0 bridgehead atoms. The number of thiophene rings is 1. The molecule has 0 fully saturated rings. The largest absolute Gasteiger partial charge is 0.497 e. The van der Waals surface area contributed by atoms with Crippen LogP contribution in [0.25, 0.3) is 21.1 Å². The van der Waals surface area contributed by atoms with Crippen molar-refractivity contribution in [2.45, 2.75) is 33.8 Å². The Morgan fingerprint density at radius 2 is 1.84 bits per heavy atom. The van der Waals surface area contributed by atoms with Gasteiger partial charge >= 0.3 is 5.97 Å². The maximum Gasteiger partial charge on any atom is 0.310 e. The molecule has 8 nitrogen and oxygen atoms in total. The molecule has 0 radical (unpaired) electrons. The van der Waals surface area contributed by atoms with Crippen LogP contribution in [0.5, 0.6) is 5.75 Å². The fourth-order valence-corrected chi connectivity index (χ4v) is 5.68. The van der Waals surface area contributed by atoms with Crippen molar-refractivity contribution in [1.82, 2.24) is 14.5 Å². The van der Waals surface area contributed by atoms with Crippen molar-refractivity contribution < 1.29 is 19.1 Å². The summed E-state index contributed by atoms with van der Waals surface area (Å²) in [5.41, 5.74) is 3.01. The van der Waals surface area contributed by atoms with Gasteiger partial charge in [-0.25, -0.2) is 4.98 Å². The Balaban J connectivity index is 1.45. The number of aromatic nitrogens is 3. The number of hydrogen-bond acceptors (Lipinski definition) is 7. The molecule has 5 rings (SSSR count). The van der Waals surface area contributed by atoms with E-state index in [4.69, 9.17) is 21.1 Å². The van der Waals surface area contributed by atoms with Gasteiger partial charge in [0.25, 0.3) is 11.5 Å². The number of aryl methyl sites for hydroxylation is 2. The summed E-state index contributed by atoms with van der Waals surface area (Å²) in [5, 5.41) is 1.80. The Morgan fingerprint density at radius 3 is 2.55 bits per heavy atom. The van der Waals surface area contributed by atoms with Crippen LogP contribution in [-0.4, -0.2) is 33.5 Å². The van der Waals surface area contributed by atoms with E-state index < -0.39 is 5.97 Å². The maximum absolute atomic E-state index is 13.5. The van der Waals surface area contributed by atoms with Gasteiger partial charge in [-0.15, -0.1) is 11.3 Å². The molecule has 0 unspecified atom stereocenters. The zero-order chi connectivity index (χ0) is 27.1. The van der Waals surface area contributed by atoms with E-state index in [1.54, 1.807) is 61.1 Å². The first-order chi connectivity index (χ1) is 18.2. The summed E-state index contributed by atoms with van der Waals surface area (Å²) in [7, 11) is 1.55. The average Bonchev–Trinajstić information content (AvgIpc) is 3.34. The van der Waals surface area contributed by atoms with Crippen LogP contribution in [0.15, 0.2) is 47.3 Å². The lowest BCUT2D eigenvalue weighted by Crippen LogP contribution is -2.16. The normalized spacial score (nSPS) is 11.3. The number of H-pyrrole nitrogens is 1. The fourth-order valence-electron chi connectivity index (χ4n) is 4.51. The summed E-state index contributed by atoms with van der Waals surface area (Å²) < 4.78 is 12.5. The molecule has 0 atom stereocenters. The number of aromatic amines is 1. The van der Waals surface area contributed by atoms with Gasteiger partial charge in [0.05, 0.1) is 24.4 Å². The summed E-state index contributed by atoms with van der Waals surface area (Å²) in [6.07, 6.45) is -0.0832. The Hall–Kier alpha value is -3.95. The SMILES string of the molecule is COc1ccc2c(c1)c(CC(=O)OCc1nc3sc(C)c(C)c3c(=O)[nH]1)c(C)n2C(=O)c1ccc(Cl)cc1. The van der Waals surface area contributed by atoms with E-state index in [1.807, 2.05) is 13.8 Å². The smallest absolute Gasteiger partial charge is 0.310 e. The number of carbonyl (C=O) groups is 2. The lowest BCUT2D eigenvalue weighted by atomic mass is 10.1. The van der Waals surface area contributed by atoms with Gasteiger partial charge in [0, 0.05) is 26.5 Å². The van der Waals surface area contributed by atoms with Gasteiger partial charge in [-0.2, -0.15) is 0 Å². The molecule has 5 aromatic rings. The molecule has 3 aromatic heterocycles. The minimum absolute atomic E-state index is 0.0832. The third-order valence-electron chi connectivity index (χ3n) is 6.62.